The molecule has 1 amide bonds. The Morgan fingerprint density at radius 1 is 1.27 bits per heavy atom. The molecule has 11 heteroatoms. The van der Waals surface area contributed by atoms with Crippen LogP contribution in [0.15, 0.2) is 24.5 Å². The Morgan fingerprint density at radius 3 is 2.58 bits per heavy atom. The van der Waals surface area contributed by atoms with Crippen LogP contribution in [-0.4, -0.2) is 46.7 Å². The summed E-state index contributed by atoms with van der Waals surface area (Å²) in [6.45, 7) is -0.200. The minimum Gasteiger partial charge on any atom is -0.481 e. The van der Waals surface area contributed by atoms with E-state index in [1.54, 1.807) is 17.4 Å². The maximum absolute atomic E-state index is 13.9. The average molecular weight is 373 g/mol. The highest BCUT2D eigenvalue weighted by Crippen LogP contribution is 2.20. The molecule has 0 bridgehead atoms. The topological polar surface area (TPSA) is 89.0 Å². The van der Waals surface area contributed by atoms with E-state index in [1.165, 1.54) is 20.2 Å². The Kier molecular flexibility index (Phi) is 5.90. The van der Waals surface area contributed by atoms with E-state index in [-0.39, 0.29) is 11.6 Å². The number of carbonyl (C=O) groups is 1. The van der Waals surface area contributed by atoms with Gasteiger partial charge in [0.2, 0.25) is 11.8 Å². The van der Waals surface area contributed by atoms with Crippen molar-refractivity contribution in [3.8, 4) is 17.3 Å². The van der Waals surface area contributed by atoms with Crippen molar-refractivity contribution in [2.75, 3.05) is 19.0 Å². The predicted molar refractivity (Wildman–Crippen MR) is 83.9 cm³/mol. The Balaban J connectivity index is 2.12. The van der Waals surface area contributed by atoms with Crippen LogP contribution in [0.5, 0.6) is 5.88 Å². The van der Waals surface area contributed by atoms with Crippen molar-refractivity contribution in [3.63, 3.8) is 0 Å². The summed E-state index contributed by atoms with van der Waals surface area (Å²) in [5.41, 5.74) is 0.461. The van der Waals surface area contributed by atoms with Crippen molar-refractivity contribution in [1.29, 1.82) is 0 Å². The Morgan fingerprint density at radius 2 is 2.00 bits per heavy atom. The van der Waals surface area contributed by atoms with Gasteiger partial charge in [0.25, 0.3) is 0 Å². The maximum atomic E-state index is 13.9. The highest BCUT2D eigenvalue weighted by atomic mass is 19.4. The lowest BCUT2D eigenvalue weighted by Gasteiger charge is -2.16. The van der Waals surface area contributed by atoms with E-state index in [0.717, 1.165) is 6.20 Å². The van der Waals surface area contributed by atoms with Gasteiger partial charge in [-0.1, -0.05) is 0 Å². The first-order valence-corrected chi connectivity index (χ1v) is 7.33. The lowest BCUT2D eigenvalue weighted by atomic mass is 10.2. The number of carbonyl (C=O) groups excluding carboxylic acids is 1. The third-order valence-electron chi connectivity index (χ3n) is 3.16. The number of methoxy groups -OCH3 is 1. The molecule has 0 aliphatic carbocycles. The van der Waals surface area contributed by atoms with Gasteiger partial charge in [-0.15, -0.1) is 0 Å². The fourth-order valence-electron chi connectivity index (χ4n) is 1.85. The van der Waals surface area contributed by atoms with E-state index in [4.69, 9.17) is 4.74 Å². The van der Waals surface area contributed by atoms with Crippen molar-refractivity contribution in [3.05, 3.63) is 30.3 Å². The number of aromatic nitrogens is 3. The molecule has 7 nitrogen and oxygen atoms in total. The summed E-state index contributed by atoms with van der Waals surface area (Å²) >= 11 is 0. The zero-order chi connectivity index (χ0) is 19.3. The number of hydrogen-bond donors (Lipinski definition) is 2. The molecule has 0 spiro atoms. The van der Waals surface area contributed by atoms with Crippen LogP contribution in [0, 0.1) is 5.82 Å². The quantitative estimate of drug-likeness (QED) is 0.755. The van der Waals surface area contributed by atoms with Gasteiger partial charge < -0.3 is 15.4 Å². The third kappa shape index (κ3) is 5.26. The molecule has 1 atom stereocenters. The summed E-state index contributed by atoms with van der Waals surface area (Å²) in [4.78, 5) is 23.4. The molecule has 140 valence electrons. The first-order chi connectivity index (χ1) is 12.2. The summed E-state index contributed by atoms with van der Waals surface area (Å²) in [5.74, 6) is -1.64. The van der Waals surface area contributed by atoms with Gasteiger partial charge in [0.05, 0.1) is 13.3 Å². The molecular weight excluding hydrogens is 358 g/mol. The number of nitrogens with zero attached hydrogens (tertiary/aromatic N) is 3. The Hall–Kier alpha value is -2.98. The van der Waals surface area contributed by atoms with Gasteiger partial charge >= 0.3 is 6.18 Å². The molecule has 2 rings (SSSR count). The fourth-order valence-corrected chi connectivity index (χ4v) is 1.85. The van der Waals surface area contributed by atoms with E-state index >= 15 is 0 Å². The number of nitrogens with one attached hydrogen (secondary N) is 2. The van der Waals surface area contributed by atoms with Gasteiger partial charge in [-0.05, 0) is 13.0 Å². The van der Waals surface area contributed by atoms with Gasteiger partial charge in [-0.2, -0.15) is 13.2 Å². The molecule has 0 aliphatic rings. The molecule has 2 N–H and O–H groups in total. The summed E-state index contributed by atoms with van der Waals surface area (Å²) in [6.07, 6.45) is -2.24. The van der Waals surface area contributed by atoms with E-state index in [0.29, 0.717) is 11.4 Å². The minimum atomic E-state index is -4.54. The molecule has 0 unspecified atom stereocenters. The molecule has 0 radical (unpaired) electrons. The second-order valence-electron chi connectivity index (χ2n) is 5.18. The molecule has 0 saturated carbocycles. The zero-order valence-corrected chi connectivity index (χ0v) is 13.8. The number of halogens is 4. The molecule has 26 heavy (non-hydrogen) atoms. The molecule has 0 aromatic carbocycles. The molecular formula is C15H15F4N5O2. The highest BCUT2D eigenvalue weighted by molar-refractivity contribution is 5.84. The number of rotatable bonds is 6. The van der Waals surface area contributed by atoms with Crippen LogP contribution in [0.1, 0.15) is 6.92 Å². The molecule has 0 fully saturated rings. The maximum Gasteiger partial charge on any atom is 0.405 e. The van der Waals surface area contributed by atoms with E-state index in [2.05, 4.69) is 20.3 Å². The Bertz CT molecular complexity index is 768. The number of alkyl halides is 3. The number of ether oxygens (including phenoxy) is 1. The smallest absolute Gasteiger partial charge is 0.405 e. The van der Waals surface area contributed by atoms with Gasteiger partial charge in [0, 0.05) is 17.8 Å². The summed E-state index contributed by atoms with van der Waals surface area (Å²) in [5, 5.41) is 4.13. The second-order valence-corrected chi connectivity index (χ2v) is 5.18. The van der Waals surface area contributed by atoms with Crippen LogP contribution in [0.25, 0.3) is 11.4 Å². The van der Waals surface area contributed by atoms with Gasteiger partial charge in [0.1, 0.15) is 12.6 Å². The van der Waals surface area contributed by atoms with E-state index in [9.17, 15) is 22.4 Å². The lowest BCUT2D eigenvalue weighted by Crippen LogP contribution is -2.42. The van der Waals surface area contributed by atoms with Crippen LogP contribution in [0.2, 0.25) is 0 Å². The van der Waals surface area contributed by atoms with Crippen LogP contribution in [0.3, 0.4) is 0 Å². The first-order valence-electron chi connectivity index (χ1n) is 7.33. The summed E-state index contributed by atoms with van der Waals surface area (Å²) in [6, 6.07) is 2.01. The van der Waals surface area contributed by atoms with Crippen molar-refractivity contribution in [2.24, 2.45) is 0 Å². The third-order valence-corrected chi connectivity index (χ3v) is 3.16. The SMILES string of the molecule is COc1ccc(-c2ncc(F)c(N[C@H](C)C(=O)NCC(F)(F)F)n2)cn1. The van der Waals surface area contributed by atoms with Crippen molar-refractivity contribution in [1.82, 2.24) is 20.3 Å². The summed E-state index contributed by atoms with van der Waals surface area (Å²) < 4.78 is 55.2. The largest absolute Gasteiger partial charge is 0.481 e. The molecule has 2 aromatic rings. The van der Waals surface area contributed by atoms with Crippen LogP contribution in [0.4, 0.5) is 23.4 Å². The normalized spacial score (nSPS) is 12.4. The van der Waals surface area contributed by atoms with Crippen LogP contribution in [-0.2, 0) is 4.79 Å². The molecule has 0 saturated heterocycles. The highest BCUT2D eigenvalue weighted by Gasteiger charge is 2.29. The van der Waals surface area contributed by atoms with Crippen LogP contribution < -0.4 is 15.4 Å². The lowest BCUT2D eigenvalue weighted by molar-refractivity contribution is -0.138. The summed E-state index contributed by atoms with van der Waals surface area (Å²) in [7, 11) is 1.45. The fraction of sp³-hybridized carbons (Fsp3) is 0.333. The van der Waals surface area contributed by atoms with Gasteiger partial charge in [-0.3, -0.25) is 4.79 Å². The molecule has 0 aliphatic heterocycles. The standard InChI is InChI=1S/C15H15F4N5O2/c1-8(14(25)22-7-15(17,18)19)23-13-10(16)6-21-12(24-13)9-3-4-11(26-2)20-5-9/h3-6,8H,7H2,1-2H3,(H,22,25)(H,21,23,24)/t8-/m1/s1. The first kappa shape index (κ1) is 19.3. The van der Waals surface area contributed by atoms with Gasteiger partial charge in [-0.25, -0.2) is 19.3 Å². The predicted octanol–water partition coefficient (Wildman–Crippen LogP) is 2.17. The Labute approximate surface area is 145 Å². The second kappa shape index (κ2) is 7.93. The van der Waals surface area contributed by atoms with Crippen molar-refractivity contribution < 1.29 is 27.1 Å². The number of pyridine rings is 1. The van der Waals surface area contributed by atoms with Gasteiger partial charge in [0.15, 0.2) is 17.5 Å². The van der Waals surface area contributed by atoms with E-state index in [1.807, 2.05) is 0 Å². The molecule has 2 heterocycles. The van der Waals surface area contributed by atoms with Crippen LogP contribution >= 0.6 is 0 Å². The number of anilines is 1. The van der Waals surface area contributed by atoms with Crippen molar-refractivity contribution in [2.45, 2.75) is 19.1 Å². The average Bonchev–Trinajstić information content (AvgIpc) is 2.61. The zero-order valence-electron chi connectivity index (χ0n) is 13.8. The monoisotopic (exact) mass is 373 g/mol. The number of hydrogen-bond acceptors (Lipinski definition) is 6. The molecule has 2 aromatic heterocycles. The van der Waals surface area contributed by atoms with Crippen molar-refractivity contribution >= 4 is 11.7 Å². The van der Waals surface area contributed by atoms with E-state index < -0.39 is 30.5 Å². The number of amides is 1. The minimum absolute atomic E-state index is 0.118.